The zero-order valence-electron chi connectivity index (χ0n) is 21.1. The molecule has 0 aliphatic heterocycles. The third-order valence-corrected chi connectivity index (χ3v) is 6.47. The number of nitrogens with one attached hydrogen (secondary N) is 1. The molecule has 0 radical (unpaired) electrons. The number of methoxy groups -OCH3 is 2. The summed E-state index contributed by atoms with van der Waals surface area (Å²) in [6.07, 6.45) is 1.53. The molecule has 11 heteroatoms. The summed E-state index contributed by atoms with van der Waals surface area (Å²) >= 11 is 7.32. The number of halogens is 1. The number of carbonyl (C=O) groups excluding carboxylic acids is 1. The van der Waals surface area contributed by atoms with Crippen LogP contribution in [0.3, 0.4) is 0 Å². The molecule has 38 heavy (non-hydrogen) atoms. The zero-order valence-corrected chi connectivity index (χ0v) is 22.6. The van der Waals surface area contributed by atoms with Crippen LogP contribution < -0.4 is 19.6 Å². The number of amides is 1. The van der Waals surface area contributed by atoms with Crippen molar-refractivity contribution in [3.63, 3.8) is 0 Å². The molecule has 9 nitrogen and oxygen atoms in total. The molecule has 1 amide bonds. The summed E-state index contributed by atoms with van der Waals surface area (Å²) in [6, 6.07) is 20.3. The number of ether oxygens (including phenoxy) is 3. The Hall–Kier alpha value is -4.02. The molecule has 1 aromatic heterocycles. The van der Waals surface area contributed by atoms with Crippen LogP contribution in [0.4, 0.5) is 0 Å². The second-order valence-corrected chi connectivity index (χ2v) is 9.15. The van der Waals surface area contributed by atoms with Crippen molar-refractivity contribution < 1.29 is 19.0 Å². The number of hydrogen-bond donors (Lipinski definition) is 1. The average molecular weight is 552 g/mol. The van der Waals surface area contributed by atoms with Gasteiger partial charge in [-0.15, -0.1) is 10.2 Å². The fraction of sp³-hybridized carbons (Fsp3) is 0.185. The van der Waals surface area contributed by atoms with E-state index >= 15 is 0 Å². The minimum absolute atomic E-state index is 0.0824. The highest BCUT2D eigenvalue weighted by atomic mass is 35.5. The summed E-state index contributed by atoms with van der Waals surface area (Å²) in [5.74, 6) is 2.36. The van der Waals surface area contributed by atoms with E-state index in [9.17, 15) is 4.79 Å². The van der Waals surface area contributed by atoms with Crippen LogP contribution in [0.5, 0.6) is 17.2 Å². The molecular formula is C27H26ClN5O4S. The Morgan fingerprint density at radius 3 is 2.45 bits per heavy atom. The van der Waals surface area contributed by atoms with E-state index in [0.717, 1.165) is 22.6 Å². The first kappa shape index (κ1) is 27.0. The molecule has 1 N–H and O–H groups in total. The van der Waals surface area contributed by atoms with E-state index in [1.165, 1.54) is 18.0 Å². The second-order valence-electron chi connectivity index (χ2n) is 7.77. The largest absolute Gasteiger partial charge is 0.494 e. The summed E-state index contributed by atoms with van der Waals surface area (Å²) in [4.78, 5) is 12.5. The van der Waals surface area contributed by atoms with E-state index in [1.54, 1.807) is 38.5 Å². The first-order chi connectivity index (χ1) is 18.5. The number of thioether (sulfide) groups is 1. The molecule has 0 atom stereocenters. The van der Waals surface area contributed by atoms with Crippen molar-refractivity contribution >= 4 is 35.5 Å². The van der Waals surface area contributed by atoms with Gasteiger partial charge >= 0.3 is 0 Å². The van der Waals surface area contributed by atoms with Crippen molar-refractivity contribution in [1.29, 1.82) is 0 Å². The molecule has 0 aliphatic carbocycles. The van der Waals surface area contributed by atoms with E-state index in [0.29, 0.717) is 34.1 Å². The molecule has 3 aromatic carbocycles. The maximum atomic E-state index is 12.5. The SMILES string of the molecule is CCOc1ccc(-n2c(SCC(=O)N/N=C\c3ccc(OC)c(OC)c3)nnc2-c2ccc(Cl)cc2)cc1. The van der Waals surface area contributed by atoms with Gasteiger partial charge in [-0.05, 0) is 79.2 Å². The van der Waals surface area contributed by atoms with Crippen LogP contribution >= 0.6 is 23.4 Å². The Labute approximate surface area is 229 Å². The molecule has 0 unspecified atom stereocenters. The standard InChI is InChI=1S/C27H26ClN5O4S/c1-4-37-22-12-10-21(11-13-22)33-26(19-6-8-20(28)9-7-19)31-32-27(33)38-17-25(34)30-29-16-18-5-14-23(35-2)24(15-18)36-3/h5-16H,4,17H2,1-3H3,(H,30,34)/b29-16-. The van der Waals surface area contributed by atoms with E-state index in [1.807, 2.05) is 54.0 Å². The minimum Gasteiger partial charge on any atom is -0.494 e. The summed E-state index contributed by atoms with van der Waals surface area (Å²) in [6.45, 7) is 2.51. The molecule has 0 spiro atoms. The van der Waals surface area contributed by atoms with Crippen LogP contribution in [0.1, 0.15) is 12.5 Å². The number of hydrazone groups is 1. The Morgan fingerprint density at radius 2 is 1.76 bits per heavy atom. The van der Waals surface area contributed by atoms with Crippen molar-refractivity contribution in [2.75, 3.05) is 26.6 Å². The molecule has 0 saturated heterocycles. The number of benzene rings is 3. The van der Waals surface area contributed by atoms with Gasteiger partial charge in [0.15, 0.2) is 22.5 Å². The summed E-state index contributed by atoms with van der Waals surface area (Å²) in [5, 5.41) is 14.0. The summed E-state index contributed by atoms with van der Waals surface area (Å²) < 4.78 is 18.0. The highest BCUT2D eigenvalue weighted by Gasteiger charge is 2.17. The quantitative estimate of drug-likeness (QED) is 0.154. The zero-order chi connectivity index (χ0) is 26.9. The molecule has 4 rings (SSSR count). The molecule has 0 aliphatic rings. The lowest BCUT2D eigenvalue weighted by molar-refractivity contribution is -0.118. The van der Waals surface area contributed by atoms with Gasteiger partial charge in [-0.25, -0.2) is 5.43 Å². The maximum Gasteiger partial charge on any atom is 0.250 e. The minimum atomic E-state index is -0.291. The normalized spacial score (nSPS) is 10.9. The highest BCUT2D eigenvalue weighted by Crippen LogP contribution is 2.30. The highest BCUT2D eigenvalue weighted by molar-refractivity contribution is 7.99. The van der Waals surface area contributed by atoms with Crippen molar-refractivity contribution in [2.24, 2.45) is 5.10 Å². The van der Waals surface area contributed by atoms with Gasteiger partial charge in [0, 0.05) is 16.3 Å². The summed E-state index contributed by atoms with van der Waals surface area (Å²) in [5.41, 5.74) is 4.96. The lowest BCUT2D eigenvalue weighted by Gasteiger charge is -2.11. The molecular weight excluding hydrogens is 526 g/mol. The molecule has 196 valence electrons. The van der Waals surface area contributed by atoms with Gasteiger partial charge in [-0.1, -0.05) is 23.4 Å². The number of aromatic nitrogens is 3. The van der Waals surface area contributed by atoms with Gasteiger partial charge in [0.1, 0.15) is 5.75 Å². The van der Waals surface area contributed by atoms with E-state index in [4.69, 9.17) is 25.8 Å². The Balaban J connectivity index is 1.49. The van der Waals surface area contributed by atoms with Crippen LogP contribution in [-0.2, 0) is 4.79 Å². The van der Waals surface area contributed by atoms with Crippen LogP contribution in [0.25, 0.3) is 17.1 Å². The third-order valence-electron chi connectivity index (χ3n) is 5.28. The van der Waals surface area contributed by atoms with Gasteiger partial charge in [-0.3, -0.25) is 9.36 Å². The van der Waals surface area contributed by atoms with Gasteiger partial charge in [0.05, 0.1) is 32.8 Å². The number of nitrogens with zero attached hydrogens (tertiary/aromatic N) is 4. The fourth-order valence-corrected chi connectivity index (χ4v) is 4.38. The lowest BCUT2D eigenvalue weighted by atomic mass is 10.2. The third kappa shape index (κ3) is 6.64. The number of rotatable bonds is 11. The van der Waals surface area contributed by atoms with Crippen molar-refractivity contribution in [2.45, 2.75) is 12.1 Å². The molecule has 0 saturated carbocycles. The van der Waals surface area contributed by atoms with Gasteiger partial charge in [0.2, 0.25) is 0 Å². The van der Waals surface area contributed by atoms with Crippen LogP contribution in [0.2, 0.25) is 5.02 Å². The van der Waals surface area contributed by atoms with Crippen molar-refractivity contribution in [3.05, 3.63) is 77.3 Å². The van der Waals surface area contributed by atoms with Crippen molar-refractivity contribution in [1.82, 2.24) is 20.2 Å². The maximum absolute atomic E-state index is 12.5. The Kier molecular flexibility index (Phi) is 9.23. The molecule has 0 fully saturated rings. The monoisotopic (exact) mass is 551 g/mol. The first-order valence-electron chi connectivity index (χ1n) is 11.6. The number of carbonyl (C=O) groups is 1. The number of hydrogen-bond acceptors (Lipinski definition) is 8. The van der Waals surface area contributed by atoms with Crippen LogP contribution in [0, 0.1) is 0 Å². The fourth-order valence-electron chi connectivity index (χ4n) is 3.51. The molecule has 1 heterocycles. The first-order valence-corrected chi connectivity index (χ1v) is 13.0. The van der Waals surface area contributed by atoms with Gasteiger partial charge < -0.3 is 14.2 Å². The van der Waals surface area contributed by atoms with E-state index < -0.39 is 0 Å². The van der Waals surface area contributed by atoms with Crippen LogP contribution in [0.15, 0.2) is 77.0 Å². The van der Waals surface area contributed by atoms with Gasteiger partial charge in [0.25, 0.3) is 5.91 Å². The predicted octanol–water partition coefficient (Wildman–Crippen LogP) is 5.25. The van der Waals surface area contributed by atoms with E-state index in [2.05, 4.69) is 20.7 Å². The topological polar surface area (TPSA) is 99.9 Å². The lowest BCUT2D eigenvalue weighted by Crippen LogP contribution is -2.20. The van der Waals surface area contributed by atoms with Crippen LogP contribution in [-0.4, -0.2) is 53.5 Å². The Morgan fingerprint density at radius 1 is 1.03 bits per heavy atom. The Bertz CT molecular complexity index is 1410. The second kappa shape index (κ2) is 13.0. The smallest absolute Gasteiger partial charge is 0.250 e. The predicted molar refractivity (Wildman–Crippen MR) is 149 cm³/mol. The van der Waals surface area contributed by atoms with E-state index in [-0.39, 0.29) is 11.7 Å². The molecule has 4 aromatic rings. The van der Waals surface area contributed by atoms with Crippen molar-refractivity contribution in [3.8, 4) is 34.3 Å². The molecule has 0 bridgehead atoms. The summed E-state index contributed by atoms with van der Waals surface area (Å²) in [7, 11) is 3.13. The van der Waals surface area contributed by atoms with Gasteiger partial charge in [-0.2, -0.15) is 5.10 Å². The average Bonchev–Trinajstić information content (AvgIpc) is 3.36.